The zero-order valence-electron chi connectivity index (χ0n) is 23.2. The van der Waals surface area contributed by atoms with E-state index in [1.807, 2.05) is 0 Å². The summed E-state index contributed by atoms with van der Waals surface area (Å²) in [5.74, 6) is -2.81. The fourth-order valence-electron chi connectivity index (χ4n) is 3.62. The van der Waals surface area contributed by atoms with Gasteiger partial charge in [-0.05, 0) is 6.42 Å². The summed E-state index contributed by atoms with van der Waals surface area (Å²) >= 11 is 0. The maximum absolute atomic E-state index is 11.6. The van der Waals surface area contributed by atoms with Gasteiger partial charge in [0, 0.05) is 6.61 Å². The standard InChI is InChI=1S/C24H46O8S.Mg.2H/c1-2-3-4-5-6-7-8-9-10-11-12-13-14-15-16-17-18-31-19-20-32-24(27)22(21-23(25)26)33(28,29)30;;;/h22H,2-21H2,1H3,(H,25,26)(H,28,29,30);;;/q;+2;2*-1. The van der Waals surface area contributed by atoms with E-state index in [9.17, 15) is 18.0 Å². The van der Waals surface area contributed by atoms with Gasteiger partial charge >= 0.3 is 35.0 Å². The van der Waals surface area contributed by atoms with Crippen molar-refractivity contribution in [2.75, 3.05) is 19.8 Å². The molecule has 0 aromatic heterocycles. The third kappa shape index (κ3) is 23.3. The van der Waals surface area contributed by atoms with Gasteiger partial charge in [-0.25, -0.2) is 0 Å². The Morgan fingerprint density at radius 2 is 1.15 bits per heavy atom. The maximum atomic E-state index is 11.6. The Hall–Kier alpha value is -0.424. The molecule has 0 saturated heterocycles. The summed E-state index contributed by atoms with van der Waals surface area (Å²) in [6.45, 7) is 2.68. The van der Waals surface area contributed by atoms with Crippen molar-refractivity contribution in [3.05, 3.63) is 0 Å². The minimum absolute atomic E-state index is 0. The van der Waals surface area contributed by atoms with Crippen LogP contribution in [-0.2, 0) is 29.2 Å². The van der Waals surface area contributed by atoms with Gasteiger partial charge in [0.1, 0.15) is 6.61 Å². The quantitative estimate of drug-likeness (QED) is 0.0751. The van der Waals surface area contributed by atoms with E-state index in [4.69, 9.17) is 19.1 Å². The number of carboxylic acid groups (broad SMARTS) is 1. The van der Waals surface area contributed by atoms with Gasteiger partial charge in [-0.1, -0.05) is 103 Å². The molecule has 0 saturated carbocycles. The first-order chi connectivity index (χ1) is 15.8. The minimum Gasteiger partial charge on any atom is -1.00 e. The number of carbonyl (C=O) groups excluding carboxylic acids is 1. The van der Waals surface area contributed by atoms with Crippen LogP contribution in [0.15, 0.2) is 0 Å². The molecule has 0 aliphatic heterocycles. The van der Waals surface area contributed by atoms with Crippen LogP contribution in [-0.4, -0.2) is 78.1 Å². The normalized spacial score (nSPS) is 12.2. The van der Waals surface area contributed by atoms with Crippen molar-refractivity contribution in [2.45, 2.75) is 121 Å². The molecule has 0 fully saturated rings. The smallest absolute Gasteiger partial charge is 1.00 e. The van der Waals surface area contributed by atoms with Crippen LogP contribution < -0.4 is 0 Å². The van der Waals surface area contributed by atoms with Crippen molar-refractivity contribution in [3.63, 3.8) is 0 Å². The number of hydrogen-bond acceptors (Lipinski definition) is 6. The molecule has 0 heterocycles. The van der Waals surface area contributed by atoms with E-state index in [0.29, 0.717) is 6.61 Å². The molecule has 0 aliphatic rings. The number of hydrogen-bond donors (Lipinski definition) is 2. The zero-order chi connectivity index (χ0) is 24.8. The molecular weight excluding hydrogens is 473 g/mol. The molecule has 1 atom stereocenters. The second-order valence-corrected chi connectivity index (χ2v) is 10.3. The van der Waals surface area contributed by atoms with Gasteiger partial charge in [-0.3, -0.25) is 14.1 Å². The van der Waals surface area contributed by atoms with Crippen molar-refractivity contribution in [1.82, 2.24) is 0 Å². The average Bonchev–Trinajstić information content (AvgIpc) is 2.75. The predicted molar refractivity (Wildman–Crippen MR) is 137 cm³/mol. The third-order valence-electron chi connectivity index (χ3n) is 5.60. The molecule has 0 aromatic rings. The number of carboxylic acids is 1. The van der Waals surface area contributed by atoms with E-state index in [-0.39, 0.29) is 39.1 Å². The first kappa shape index (κ1) is 35.7. The van der Waals surface area contributed by atoms with Crippen LogP contribution in [0.2, 0.25) is 0 Å². The Balaban J connectivity index is -0.00000171. The fraction of sp³-hybridized carbons (Fsp3) is 0.917. The van der Waals surface area contributed by atoms with Gasteiger partial charge in [0.25, 0.3) is 10.1 Å². The summed E-state index contributed by atoms with van der Waals surface area (Å²) in [6, 6.07) is 0. The number of ether oxygens (including phenoxy) is 2. The molecule has 0 radical (unpaired) electrons. The Morgan fingerprint density at radius 3 is 1.53 bits per heavy atom. The maximum Gasteiger partial charge on any atom is 2.00 e. The van der Waals surface area contributed by atoms with E-state index >= 15 is 0 Å². The van der Waals surface area contributed by atoms with Gasteiger partial charge in [0.15, 0.2) is 5.25 Å². The molecule has 200 valence electrons. The first-order valence-electron chi connectivity index (χ1n) is 12.7. The molecular formula is C24H48MgO8S. The Morgan fingerprint density at radius 1 is 0.735 bits per heavy atom. The Labute approximate surface area is 225 Å². The molecule has 0 rings (SSSR count). The van der Waals surface area contributed by atoms with Crippen LogP contribution in [0.25, 0.3) is 0 Å². The van der Waals surface area contributed by atoms with E-state index in [2.05, 4.69) is 6.92 Å². The van der Waals surface area contributed by atoms with E-state index < -0.39 is 33.7 Å². The van der Waals surface area contributed by atoms with Crippen LogP contribution in [0.3, 0.4) is 0 Å². The molecule has 8 nitrogen and oxygen atoms in total. The van der Waals surface area contributed by atoms with Crippen molar-refractivity contribution in [2.24, 2.45) is 0 Å². The molecule has 34 heavy (non-hydrogen) atoms. The topological polar surface area (TPSA) is 127 Å². The van der Waals surface area contributed by atoms with Gasteiger partial charge in [-0.2, -0.15) is 8.42 Å². The van der Waals surface area contributed by atoms with Crippen molar-refractivity contribution >= 4 is 45.1 Å². The van der Waals surface area contributed by atoms with Crippen LogP contribution in [0.1, 0.15) is 119 Å². The van der Waals surface area contributed by atoms with Gasteiger partial charge < -0.3 is 17.4 Å². The van der Waals surface area contributed by atoms with Gasteiger partial charge in [0.05, 0.1) is 13.0 Å². The molecule has 1 unspecified atom stereocenters. The predicted octanol–water partition coefficient (Wildman–Crippen LogP) is 5.38. The second-order valence-electron chi connectivity index (χ2n) is 8.68. The zero-order valence-corrected chi connectivity index (χ0v) is 23.4. The number of carbonyl (C=O) groups is 2. The average molecular weight is 521 g/mol. The van der Waals surface area contributed by atoms with Crippen LogP contribution in [0.4, 0.5) is 0 Å². The Kier molecular flexibility index (Phi) is 25.5. The molecule has 0 spiro atoms. The number of aliphatic carboxylic acids is 1. The molecule has 0 aromatic carbocycles. The fourth-order valence-corrected chi connectivity index (χ4v) is 4.28. The van der Waals surface area contributed by atoms with Gasteiger partial charge in [0.2, 0.25) is 0 Å². The summed E-state index contributed by atoms with van der Waals surface area (Å²) < 4.78 is 41.1. The summed E-state index contributed by atoms with van der Waals surface area (Å²) in [5.41, 5.74) is 0. The number of unbranched alkanes of at least 4 members (excludes halogenated alkanes) is 15. The van der Waals surface area contributed by atoms with Crippen LogP contribution in [0.5, 0.6) is 0 Å². The molecule has 0 aliphatic carbocycles. The minimum atomic E-state index is -4.83. The van der Waals surface area contributed by atoms with Crippen LogP contribution in [0, 0.1) is 0 Å². The second kappa shape index (κ2) is 24.3. The molecule has 2 N–H and O–H groups in total. The SMILES string of the molecule is CCCCCCCCCCCCCCCCCCOCCOC(=O)C(CC(=O)O)S(=O)(=O)O.[H-].[H-].[Mg+2]. The molecule has 0 bridgehead atoms. The molecule has 0 amide bonds. The van der Waals surface area contributed by atoms with E-state index in [0.717, 1.165) is 12.8 Å². The number of esters is 1. The van der Waals surface area contributed by atoms with Gasteiger partial charge in [-0.15, -0.1) is 0 Å². The monoisotopic (exact) mass is 520 g/mol. The summed E-state index contributed by atoms with van der Waals surface area (Å²) in [5, 5.41) is 6.51. The summed E-state index contributed by atoms with van der Waals surface area (Å²) in [7, 11) is -4.83. The summed E-state index contributed by atoms with van der Waals surface area (Å²) in [6.07, 6.45) is 19.6. The van der Waals surface area contributed by atoms with Crippen LogP contribution >= 0.6 is 0 Å². The molecule has 10 heteroatoms. The third-order valence-corrected chi connectivity index (χ3v) is 6.67. The Bertz CT molecular complexity index is 609. The number of rotatable bonds is 24. The van der Waals surface area contributed by atoms with Crippen molar-refractivity contribution < 1.29 is 40.0 Å². The summed E-state index contributed by atoms with van der Waals surface area (Å²) in [4.78, 5) is 22.2. The van der Waals surface area contributed by atoms with Crippen molar-refractivity contribution in [3.8, 4) is 0 Å². The van der Waals surface area contributed by atoms with E-state index in [1.165, 1.54) is 89.9 Å². The van der Waals surface area contributed by atoms with E-state index in [1.54, 1.807) is 0 Å². The first-order valence-corrected chi connectivity index (χ1v) is 14.2. The largest absolute Gasteiger partial charge is 2.00 e. The van der Waals surface area contributed by atoms with Crippen molar-refractivity contribution in [1.29, 1.82) is 0 Å².